The maximum Gasteiger partial charge on any atom is 0.375 e. The monoisotopic (exact) mass is 720 g/mol. The zero-order valence-corrected chi connectivity index (χ0v) is 31.6. The van der Waals surface area contributed by atoms with E-state index >= 15 is 0 Å². The molecule has 1 amide bonds. The molecule has 4 heterocycles. The number of thioether (sulfide) groups is 2. The van der Waals surface area contributed by atoms with Crippen molar-refractivity contribution in [2.75, 3.05) is 0 Å². The minimum atomic E-state index is -2.27. The van der Waals surface area contributed by atoms with Gasteiger partial charge in [-0.2, -0.15) is 0 Å². The second-order valence-electron chi connectivity index (χ2n) is 14.6. The summed E-state index contributed by atoms with van der Waals surface area (Å²) in [5.41, 5.74) is -0.281. The van der Waals surface area contributed by atoms with Crippen molar-refractivity contribution in [1.82, 2.24) is 9.88 Å². The van der Waals surface area contributed by atoms with E-state index in [0.29, 0.717) is 5.03 Å². The average Bonchev–Trinajstić information content (AvgIpc) is 3.40. The van der Waals surface area contributed by atoms with Gasteiger partial charge in [-0.3, -0.25) is 4.79 Å². The average molecular weight is 721 g/mol. The van der Waals surface area contributed by atoms with Gasteiger partial charge in [-0.15, -0.1) is 11.8 Å². The lowest BCUT2D eigenvalue weighted by Crippen LogP contribution is -2.70. The van der Waals surface area contributed by atoms with Crippen molar-refractivity contribution in [2.45, 2.75) is 111 Å². The van der Waals surface area contributed by atoms with Crippen LogP contribution in [0.5, 0.6) is 0 Å². The Kier molecular flexibility index (Phi) is 9.84. The molecule has 0 saturated carbocycles. The van der Waals surface area contributed by atoms with Crippen molar-refractivity contribution in [3.8, 4) is 0 Å². The Morgan fingerprint density at radius 1 is 1.04 bits per heavy atom. The Morgan fingerprint density at radius 3 is 2.33 bits per heavy atom. The molecule has 3 saturated heterocycles. The minimum Gasteiger partial charge on any atom is -0.459 e. The molecule has 0 aliphatic carbocycles. The van der Waals surface area contributed by atoms with Gasteiger partial charge >= 0.3 is 11.3 Å². The highest BCUT2D eigenvalue weighted by Gasteiger charge is 2.82. The third kappa shape index (κ3) is 6.58. The molecule has 3 aliphatic rings. The summed E-state index contributed by atoms with van der Waals surface area (Å²) in [4.78, 5) is 48.7. The molecule has 3 aliphatic heterocycles. The number of rotatable bonds is 10. The van der Waals surface area contributed by atoms with Crippen molar-refractivity contribution in [3.05, 3.63) is 90.6 Å². The lowest BCUT2D eigenvalue weighted by atomic mass is 9.74. The Hall–Kier alpha value is -3.16. The fraction of sp³-hybridized carbons (Fsp3) is 0.459. The molecule has 0 bridgehead atoms. The van der Waals surface area contributed by atoms with E-state index in [4.69, 9.17) is 18.6 Å². The van der Waals surface area contributed by atoms with E-state index in [1.54, 1.807) is 29.3 Å². The van der Waals surface area contributed by atoms with Crippen molar-refractivity contribution in [3.63, 3.8) is 0 Å². The Labute approximate surface area is 297 Å². The van der Waals surface area contributed by atoms with Gasteiger partial charge in [0.25, 0.3) is 0 Å². The first-order chi connectivity index (χ1) is 23.2. The van der Waals surface area contributed by atoms with Crippen LogP contribution < -0.4 is 0 Å². The summed E-state index contributed by atoms with van der Waals surface area (Å²) in [5.74, 6) is -1.26. The lowest BCUT2D eigenvalue weighted by molar-refractivity contribution is -0.196. The van der Waals surface area contributed by atoms with E-state index in [1.807, 2.05) is 74.5 Å². The van der Waals surface area contributed by atoms with Gasteiger partial charge in [0.15, 0.2) is 8.32 Å². The zero-order valence-electron chi connectivity index (χ0n) is 29.0. The number of carbonyl (C=O) groups is 3. The number of aromatic nitrogens is 1. The first-order valence-electron chi connectivity index (χ1n) is 16.6. The van der Waals surface area contributed by atoms with E-state index in [0.717, 1.165) is 22.2 Å². The van der Waals surface area contributed by atoms with E-state index in [9.17, 15) is 14.4 Å². The van der Waals surface area contributed by atoms with Crippen LogP contribution in [0.2, 0.25) is 18.1 Å². The highest BCUT2D eigenvalue weighted by Crippen LogP contribution is 2.66. The first-order valence-corrected chi connectivity index (χ1v) is 21.1. The summed E-state index contributed by atoms with van der Waals surface area (Å²) < 4.78 is 24.5. The summed E-state index contributed by atoms with van der Waals surface area (Å²) in [7, 11) is -2.27. The minimum absolute atomic E-state index is 0.0555. The van der Waals surface area contributed by atoms with Crippen molar-refractivity contribution < 1.29 is 33.0 Å². The summed E-state index contributed by atoms with van der Waals surface area (Å²) in [6, 6.07) is 23.0. The number of fused-ring (bicyclic) bond motifs is 3. The molecule has 0 spiro atoms. The molecule has 2 aromatic carbocycles. The van der Waals surface area contributed by atoms with Gasteiger partial charge in [0.05, 0.1) is 22.8 Å². The number of hydrogen-bond acceptors (Lipinski definition) is 10. The van der Waals surface area contributed by atoms with Gasteiger partial charge in [0.2, 0.25) is 12.2 Å². The Morgan fingerprint density at radius 2 is 1.69 bits per heavy atom. The first kappa shape index (κ1) is 35.7. The predicted octanol–water partition coefficient (Wildman–Crippen LogP) is 7.71. The summed E-state index contributed by atoms with van der Waals surface area (Å²) in [6.45, 7) is 14.8. The molecular weight excluding hydrogens is 677 g/mol. The fourth-order valence-electron chi connectivity index (χ4n) is 7.10. The van der Waals surface area contributed by atoms with Crippen LogP contribution in [-0.4, -0.2) is 70.2 Å². The van der Waals surface area contributed by atoms with Gasteiger partial charge in [0, 0.05) is 29.3 Å². The van der Waals surface area contributed by atoms with Crippen molar-refractivity contribution in [2.24, 2.45) is 5.92 Å². The van der Waals surface area contributed by atoms with Gasteiger partial charge < -0.3 is 23.5 Å². The van der Waals surface area contributed by atoms with Crippen LogP contribution in [-0.2, 0) is 34.8 Å². The largest absolute Gasteiger partial charge is 0.459 e. The van der Waals surface area contributed by atoms with Crippen LogP contribution in [0.3, 0.4) is 0 Å². The molecule has 12 heteroatoms. The summed E-state index contributed by atoms with van der Waals surface area (Å²) in [5, 5.41) is -0.138. The topological polar surface area (TPSA) is 104 Å². The second-order valence-corrected chi connectivity index (χ2v) is 21.7. The molecule has 49 heavy (non-hydrogen) atoms. The van der Waals surface area contributed by atoms with Crippen LogP contribution in [0.15, 0.2) is 95.0 Å². The number of hydrogen-bond donors (Lipinski definition) is 0. The van der Waals surface area contributed by atoms with Crippen molar-refractivity contribution >= 4 is 49.0 Å². The van der Waals surface area contributed by atoms with Crippen LogP contribution in [0, 0.1) is 5.92 Å². The molecule has 9 nitrogen and oxygen atoms in total. The number of ether oxygens (including phenoxy) is 3. The molecule has 0 radical (unpaired) electrons. The molecule has 1 aromatic heterocycles. The highest BCUT2D eigenvalue weighted by atomic mass is 32.2. The summed E-state index contributed by atoms with van der Waals surface area (Å²) in [6.07, 6.45) is 0.353. The Balaban J connectivity index is 1.38. The number of carbonyl (C=O) groups excluding carboxylic acids is 3. The third-order valence-corrected chi connectivity index (χ3v) is 17.4. The van der Waals surface area contributed by atoms with Gasteiger partial charge in [0.1, 0.15) is 23.3 Å². The molecule has 3 fully saturated rings. The van der Waals surface area contributed by atoms with Crippen LogP contribution in [0.25, 0.3) is 0 Å². The quantitative estimate of drug-likeness (QED) is 0.0896. The molecule has 7 atom stereocenters. The predicted molar refractivity (Wildman–Crippen MR) is 191 cm³/mol. The number of pyridine rings is 1. The van der Waals surface area contributed by atoms with E-state index < -0.39 is 60.3 Å². The van der Waals surface area contributed by atoms with Gasteiger partial charge in [-0.1, -0.05) is 75.4 Å². The number of amides is 1. The lowest BCUT2D eigenvalue weighted by Gasteiger charge is -2.52. The Bertz CT molecular complexity index is 1680. The number of benzene rings is 2. The van der Waals surface area contributed by atoms with Gasteiger partial charge in [-0.05, 0) is 61.8 Å². The van der Waals surface area contributed by atoms with Crippen molar-refractivity contribution in [1.29, 1.82) is 0 Å². The molecule has 260 valence electrons. The number of esters is 1. The van der Waals surface area contributed by atoms with Gasteiger partial charge in [-0.25, -0.2) is 14.6 Å². The van der Waals surface area contributed by atoms with E-state index in [2.05, 4.69) is 38.8 Å². The van der Waals surface area contributed by atoms with E-state index in [-0.39, 0.29) is 24.0 Å². The molecule has 0 unspecified atom stereocenters. The molecule has 3 aromatic rings. The fourth-order valence-corrected chi connectivity index (χ4v) is 10.7. The summed E-state index contributed by atoms with van der Waals surface area (Å²) >= 11 is 2.35. The number of β-lactam (4-membered cyclic amide) rings is 1. The molecular formula is C37H44N2O7S2Si. The molecule has 6 rings (SSSR count). The normalized spacial score (nSPS) is 28.3. The maximum atomic E-state index is 14.4. The van der Waals surface area contributed by atoms with Crippen LogP contribution in [0.1, 0.15) is 46.6 Å². The zero-order chi connectivity index (χ0) is 35.2. The highest BCUT2D eigenvalue weighted by molar-refractivity contribution is 8.13. The number of nitrogens with zero attached hydrogens (tertiary/aromatic N) is 2. The van der Waals surface area contributed by atoms with E-state index in [1.165, 1.54) is 11.8 Å². The SMILES string of the molecule is C[C@@H](O[Si](C)(C)C(C)(C)C)[C@H]1C(=O)N2[C@@H]1[C@@]1(C)O[C@H](OC(=O)Sc3ccccn3)C[C@@]1(Sc1ccccc1)[C@@H]2C(=O)OCc1ccccc1. The van der Waals surface area contributed by atoms with Crippen LogP contribution in [0.4, 0.5) is 4.79 Å². The second kappa shape index (κ2) is 13.5. The molecule has 0 N–H and O–H groups in total. The maximum absolute atomic E-state index is 14.4. The third-order valence-electron chi connectivity index (χ3n) is 10.5. The van der Waals surface area contributed by atoms with Crippen LogP contribution >= 0.6 is 23.5 Å². The standard InChI is InChI=1S/C37H44N2O7S2Si/c1-24(46-49(6,7)35(2,3)4)29-30-36(5)37(48-26-18-12-9-13-19-26,22-28(45-36)44-34(42)47-27-20-14-15-21-38-27)31(39(30)32(29)40)33(41)43-23-25-16-10-8-11-17-25/h8-21,24,28-31H,22-23H2,1-7H3/t24-,28+,29-,30+,31+,36-,37-/m1/s1. The smallest absolute Gasteiger partial charge is 0.375 e.